The van der Waals surface area contributed by atoms with Crippen LogP contribution in [0.15, 0.2) is 40.9 Å². The number of alkyl halides is 1. The molecule has 0 aliphatic carbocycles. The molecule has 2 aromatic carbocycles. The van der Waals surface area contributed by atoms with Crippen molar-refractivity contribution in [1.29, 1.82) is 0 Å². The lowest BCUT2D eigenvalue weighted by atomic mass is 10.0. The van der Waals surface area contributed by atoms with Crippen molar-refractivity contribution in [3.63, 3.8) is 0 Å². The Morgan fingerprint density at radius 3 is 2.05 bits per heavy atom. The summed E-state index contributed by atoms with van der Waals surface area (Å²) in [6, 6.07) is 11.3. The number of hydrogen-bond acceptors (Lipinski definition) is 3. The molecule has 0 bridgehead atoms. The van der Waals surface area contributed by atoms with Crippen molar-refractivity contribution < 1.29 is 14.2 Å². The number of halogens is 2. The Balaban J connectivity index is 2.45. The van der Waals surface area contributed by atoms with Crippen LogP contribution in [-0.4, -0.2) is 21.3 Å². The predicted octanol–water partition coefficient (Wildman–Crippen LogP) is 4.80. The summed E-state index contributed by atoms with van der Waals surface area (Å²) in [5.74, 6) is 2.23. The number of benzene rings is 2. The lowest BCUT2D eigenvalue weighted by Gasteiger charge is -2.17. The summed E-state index contributed by atoms with van der Waals surface area (Å²) in [5, 5.41) is -0.365. The fraction of sp³-hybridized carbons (Fsp3) is 0.250. The van der Waals surface area contributed by atoms with E-state index in [4.69, 9.17) is 25.8 Å². The molecule has 1 atom stereocenters. The van der Waals surface area contributed by atoms with Gasteiger partial charge in [-0.15, -0.1) is 11.6 Å². The van der Waals surface area contributed by atoms with Crippen molar-refractivity contribution in [2.24, 2.45) is 0 Å². The highest BCUT2D eigenvalue weighted by Crippen LogP contribution is 2.40. The van der Waals surface area contributed by atoms with Gasteiger partial charge in [-0.2, -0.15) is 0 Å². The van der Waals surface area contributed by atoms with Crippen molar-refractivity contribution in [3.8, 4) is 17.2 Å². The standard InChI is InChI=1S/C16H16BrClO3/c1-19-10-5-7-15(21-3)13(8-10)16(18)12-6-4-11(20-2)9-14(12)17/h4-9,16H,1-3H3. The zero-order chi connectivity index (χ0) is 15.4. The second-order valence-electron chi connectivity index (χ2n) is 4.36. The topological polar surface area (TPSA) is 27.7 Å². The molecular weight excluding hydrogens is 356 g/mol. The van der Waals surface area contributed by atoms with Crippen molar-refractivity contribution >= 4 is 27.5 Å². The molecule has 112 valence electrons. The molecule has 0 saturated heterocycles. The minimum absolute atomic E-state index is 0.365. The molecule has 0 saturated carbocycles. The summed E-state index contributed by atoms with van der Waals surface area (Å²) in [6.07, 6.45) is 0. The first kappa shape index (κ1) is 16.0. The number of ether oxygens (including phenoxy) is 3. The van der Waals surface area contributed by atoms with E-state index in [1.54, 1.807) is 21.3 Å². The Morgan fingerprint density at radius 2 is 1.48 bits per heavy atom. The zero-order valence-corrected chi connectivity index (χ0v) is 14.4. The molecule has 0 aromatic heterocycles. The first-order valence-electron chi connectivity index (χ1n) is 6.30. The lowest BCUT2D eigenvalue weighted by molar-refractivity contribution is 0.399. The largest absolute Gasteiger partial charge is 0.497 e. The molecule has 0 amide bonds. The number of hydrogen-bond donors (Lipinski definition) is 0. The predicted molar refractivity (Wildman–Crippen MR) is 87.9 cm³/mol. The van der Waals surface area contributed by atoms with Crippen LogP contribution in [0.4, 0.5) is 0 Å². The van der Waals surface area contributed by atoms with E-state index in [9.17, 15) is 0 Å². The minimum atomic E-state index is -0.365. The van der Waals surface area contributed by atoms with Gasteiger partial charge in [-0.1, -0.05) is 22.0 Å². The quantitative estimate of drug-likeness (QED) is 0.706. The molecular formula is C16H16BrClO3. The summed E-state index contributed by atoms with van der Waals surface area (Å²) in [5.41, 5.74) is 1.79. The Kier molecular flexibility index (Phi) is 5.37. The maximum Gasteiger partial charge on any atom is 0.124 e. The Morgan fingerprint density at radius 1 is 0.857 bits per heavy atom. The van der Waals surface area contributed by atoms with Crippen LogP contribution in [0.1, 0.15) is 16.5 Å². The molecule has 21 heavy (non-hydrogen) atoms. The minimum Gasteiger partial charge on any atom is -0.497 e. The molecule has 0 spiro atoms. The third kappa shape index (κ3) is 3.44. The molecule has 0 aliphatic heterocycles. The highest BCUT2D eigenvalue weighted by atomic mass is 79.9. The smallest absolute Gasteiger partial charge is 0.124 e. The van der Waals surface area contributed by atoms with Gasteiger partial charge in [-0.25, -0.2) is 0 Å². The van der Waals surface area contributed by atoms with Crippen LogP contribution in [-0.2, 0) is 0 Å². The van der Waals surface area contributed by atoms with Crippen molar-refractivity contribution in [3.05, 3.63) is 52.0 Å². The Bertz CT molecular complexity index is 631. The third-order valence-corrected chi connectivity index (χ3v) is 4.35. The Hall–Kier alpha value is -1.39. The third-order valence-electron chi connectivity index (χ3n) is 3.19. The summed E-state index contributed by atoms with van der Waals surface area (Å²) in [4.78, 5) is 0. The summed E-state index contributed by atoms with van der Waals surface area (Å²) >= 11 is 10.2. The van der Waals surface area contributed by atoms with E-state index in [0.717, 1.165) is 32.8 Å². The molecule has 0 N–H and O–H groups in total. The van der Waals surface area contributed by atoms with Crippen molar-refractivity contribution in [1.82, 2.24) is 0 Å². The van der Waals surface area contributed by atoms with Gasteiger partial charge in [0.1, 0.15) is 17.2 Å². The van der Waals surface area contributed by atoms with Gasteiger partial charge in [0.05, 0.1) is 26.7 Å². The monoisotopic (exact) mass is 370 g/mol. The maximum absolute atomic E-state index is 6.64. The number of rotatable bonds is 5. The van der Waals surface area contributed by atoms with E-state index in [1.807, 2.05) is 36.4 Å². The van der Waals surface area contributed by atoms with Crippen LogP contribution >= 0.6 is 27.5 Å². The maximum atomic E-state index is 6.64. The molecule has 3 nitrogen and oxygen atoms in total. The van der Waals surface area contributed by atoms with Gasteiger partial charge >= 0.3 is 0 Å². The van der Waals surface area contributed by atoms with E-state index in [0.29, 0.717) is 0 Å². The van der Waals surface area contributed by atoms with Crippen LogP contribution in [0.5, 0.6) is 17.2 Å². The van der Waals surface area contributed by atoms with Gasteiger partial charge in [0.25, 0.3) is 0 Å². The van der Waals surface area contributed by atoms with Gasteiger partial charge in [-0.05, 0) is 35.9 Å². The van der Waals surface area contributed by atoms with Crippen molar-refractivity contribution in [2.75, 3.05) is 21.3 Å². The molecule has 2 aromatic rings. The SMILES string of the molecule is COc1ccc(C(Cl)c2cc(OC)ccc2OC)c(Br)c1. The first-order chi connectivity index (χ1) is 10.1. The van der Waals surface area contributed by atoms with E-state index in [2.05, 4.69) is 15.9 Å². The molecule has 0 fully saturated rings. The van der Waals surface area contributed by atoms with Crippen LogP contribution < -0.4 is 14.2 Å². The van der Waals surface area contributed by atoms with Gasteiger partial charge in [0, 0.05) is 10.0 Å². The molecule has 5 heteroatoms. The second kappa shape index (κ2) is 7.05. The fourth-order valence-electron chi connectivity index (χ4n) is 2.05. The molecule has 0 heterocycles. The highest BCUT2D eigenvalue weighted by Gasteiger charge is 2.19. The normalized spacial score (nSPS) is 11.9. The van der Waals surface area contributed by atoms with Gasteiger partial charge in [0.15, 0.2) is 0 Å². The van der Waals surface area contributed by atoms with Gasteiger partial charge in [-0.3, -0.25) is 0 Å². The van der Waals surface area contributed by atoms with Crippen LogP contribution in [0.2, 0.25) is 0 Å². The average Bonchev–Trinajstić information content (AvgIpc) is 2.53. The zero-order valence-electron chi connectivity index (χ0n) is 12.0. The lowest BCUT2D eigenvalue weighted by Crippen LogP contribution is -1.99. The van der Waals surface area contributed by atoms with Crippen molar-refractivity contribution in [2.45, 2.75) is 5.38 Å². The van der Waals surface area contributed by atoms with Crippen LogP contribution in [0, 0.1) is 0 Å². The highest BCUT2D eigenvalue weighted by molar-refractivity contribution is 9.10. The summed E-state index contributed by atoms with van der Waals surface area (Å²) in [6.45, 7) is 0. The molecule has 0 aliphatic rings. The fourth-order valence-corrected chi connectivity index (χ4v) is 3.12. The molecule has 1 unspecified atom stereocenters. The first-order valence-corrected chi connectivity index (χ1v) is 7.53. The van der Waals surface area contributed by atoms with Gasteiger partial charge < -0.3 is 14.2 Å². The molecule has 0 radical (unpaired) electrons. The summed E-state index contributed by atoms with van der Waals surface area (Å²) in [7, 11) is 4.88. The van der Waals surface area contributed by atoms with E-state index in [-0.39, 0.29) is 5.38 Å². The van der Waals surface area contributed by atoms with Crippen LogP contribution in [0.3, 0.4) is 0 Å². The average molecular weight is 372 g/mol. The molecule has 2 rings (SSSR count). The van der Waals surface area contributed by atoms with E-state index >= 15 is 0 Å². The second-order valence-corrected chi connectivity index (χ2v) is 5.65. The van der Waals surface area contributed by atoms with Gasteiger partial charge in [0.2, 0.25) is 0 Å². The van der Waals surface area contributed by atoms with E-state index < -0.39 is 0 Å². The van der Waals surface area contributed by atoms with Crippen LogP contribution in [0.25, 0.3) is 0 Å². The van der Waals surface area contributed by atoms with E-state index in [1.165, 1.54) is 0 Å². The summed E-state index contributed by atoms with van der Waals surface area (Å²) < 4.78 is 16.7. The number of methoxy groups -OCH3 is 3. The Labute approximate surface area is 137 Å².